The summed E-state index contributed by atoms with van der Waals surface area (Å²) in [7, 11) is 1.56. The molecule has 19 heavy (non-hydrogen) atoms. The van der Waals surface area contributed by atoms with Crippen molar-refractivity contribution in [2.24, 2.45) is 0 Å². The number of methoxy groups -OCH3 is 1. The quantitative estimate of drug-likeness (QED) is 0.884. The van der Waals surface area contributed by atoms with Gasteiger partial charge < -0.3 is 14.9 Å². The van der Waals surface area contributed by atoms with Crippen LogP contribution >= 0.6 is 0 Å². The standard InChI is InChI=1S/C15H14O4/c1-19-13-8-4-11(5-9-13)14(15(17)18)10-2-6-12(16)7-3-10/h2-9,14,16H,1H3,(H,17,18)/t14-/m0/s1. The highest BCUT2D eigenvalue weighted by atomic mass is 16.5. The number of carboxylic acids is 1. The van der Waals surface area contributed by atoms with Crippen molar-refractivity contribution in [1.29, 1.82) is 0 Å². The molecule has 0 unspecified atom stereocenters. The summed E-state index contributed by atoms with van der Waals surface area (Å²) in [5.74, 6) is -0.899. The zero-order chi connectivity index (χ0) is 13.8. The molecule has 0 saturated heterocycles. The number of aliphatic carboxylic acids is 1. The molecule has 2 aromatic carbocycles. The van der Waals surface area contributed by atoms with Gasteiger partial charge in [0, 0.05) is 0 Å². The molecule has 0 aliphatic heterocycles. The fourth-order valence-corrected chi connectivity index (χ4v) is 1.94. The van der Waals surface area contributed by atoms with Gasteiger partial charge in [-0.15, -0.1) is 0 Å². The van der Waals surface area contributed by atoms with E-state index in [1.54, 1.807) is 43.5 Å². The molecular formula is C15H14O4. The lowest BCUT2D eigenvalue weighted by Gasteiger charge is -2.13. The fraction of sp³-hybridized carbons (Fsp3) is 0.133. The van der Waals surface area contributed by atoms with E-state index in [-0.39, 0.29) is 5.75 Å². The van der Waals surface area contributed by atoms with E-state index in [1.165, 1.54) is 12.1 Å². The maximum absolute atomic E-state index is 11.4. The van der Waals surface area contributed by atoms with Crippen molar-refractivity contribution in [2.75, 3.05) is 7.11 Å². The van der Waals surface area contributed by atoms with Crippen molar-refractivity contribution in [3.63, 3.8) is 0 Å². The van der Waals surface area contributed by atoms with E-state index < -0.39 is 11.9 Å². The second-order valence-electron chi connectivity index (χ2n) is 4.14. The number of benzene rings is 2. The second-order valence-corrected chi connectivity index (χ2v) is 4.14. The molecule has 0 aliphatic rings. The van der Waals surface area contributed by atoms with Crippen LogP contribution in [0, 0.1) is 0 Å². The first-order valence-electron chi connectivity index (χ1n) is 5.77. The summed E-state index contributed by atoms with van der Waals surface area (Å²) >= 11 is 0. The van der Waals surface area contributed by atoms with Crippen LogP contribution < -0.4 is 4.74 Å². The molecule has 0 spiro atoms. The van der Waals surface area contributed by atoms with Gasteiger partial charge in [-0.25, -0.2) is 0 Å². The minimum atomic E-state index is -0.934. The minimum Gasteiger partial charge on any atom is -0.508 e. The predicted octanol–water partition coefficient (Wildman–Crippen LogP) is 2.62. The third-order valence-electron chi connectivity index (χ3n) is 2.92. The van der Waals surface area contributed by atoms with Gasteiger partial charge in [-0.05, 0) is 35.4 Å². The predicted molar refractivity (Wildman–Crippen MR) is 70.6 cm³/mol. The van der Waals surface area contributed by atoms with Crippen molar-refractivity contribution >= 4 is 5.97 Å². The molecule has 0 amide bonds. The van der Waals surface area contributed by atoms with Crippen LogP contribution in [0.4, 0.5) is 0 Å². The average molecular weight is 258 g/mol. The van der Waals surface area contributed by atoms with Gasteiger partial charge in [0.25, 0.3) is 0 Å². The number of hydrogen-bond donors (Lipinski definition) is 2. The van der Waals surface area contributed by atoms with E-state index in [0.29, 0.717) is 16.9 Å². The summed E-state index contributed by atoms with van der Waals surface area (Å²) in [5.41, 5.74) is 1.29. The molecule has 0 radical (unpaired) electrons. The highest BCUT2D eigenvalue weighted by Crippen LogP contribution is 2.27. The molecule has 4 heteroatoms. The number of phenolic OH excluding ortho intramolecular Hbond substituents is 1. The fourth-order valence-electron chi connectivity index (χ4n) is 1.94. The third kappa shape index (κ3) is 2.85. The van der Waals surface area contributed by atoms with Gasteiger partial charge in [-0.1, -0.05) is 24.3 Å². The summed E-state index contributed by atoms with van der Waals surface area (Å²) in [5, 5.41) is 18.6. The lowest BCUT2D eigenvalue weighted by atomic mass is 9.91. The Labute approximate surface area is 110 Å². The maximum Gasteiger partial charge on any atom is 0.315 e. The van der Waals surface area contributed by atoms with Crippen LogP contribution in [-0.4, -0.2) is 23.3 Å². The Balaban J connectivity index is 2.39. The molecule has 0 fully saturated rings. The van der Waals surface area contributed by atoms with Crippen LogP contribution in [0.15, 0.2) is 48.5 Å². The highest BCUT2D eigenvalue weighted by molar-refractivity contribution is 5.80. The monoisotopic (exact) mass is 258 g/mol. The number of phenols is 1. The van der Waals surface area contributed by atoms with E-state index in [0.717, 1.165) is 0 Å². The Morgan fingerprint density at radius 1 is 1.00 bits per heavy atom. The van der Waals surface area contributed by atoms with Gasteiger partial charge in [0.2, 0.25) is 0 Å². The molecule has 0 aliphatic carbocycles. The van der Waals surface area contributed by atoms with E-state index >= 15 is 0 Å². The van der Waals surface area contributed by atoms with E-state index in [1.807, 2.05) is 0 Å². The first kappa shape index (κ1) is 13.0. The lowest BCUT2D eigenvalue weighted by Crippen LogP contribution is -2.12. The number of ether oxygens (including phenoxy) is 1. The number of aromatic hydroxyl groups is 1. The SMILES string of the molecule is COc1ccc([C@@H](C(=O)O)c2ccc(O)cc2)cc1. The minimum absolute atomic E-state index is 0.114. The maximum atomic E-state index is 11.4. The number of carbonyl (C=O) groups is 1. The molecular weight excluding hydrogens is 244 g/mol. The normalized spacial score (nSPS) is 11.8. The second kappa shape index (κ2) is 5.44. The molecule has 2 rings (SSSR count). The molecule has 0 heterocycles. The Kier molecular flexibility index (Phi) is 3.71. The Hall–Kier alpha value is -2.49. The van der Waals surface area contributed by atoms with E-state index in [2.05, 4.69) is 0 Å². The first-order chi connectivity index (χ1) is 9.11. The first-order valence-corrected chi connectivity index (χ1v) is 5.77. The molecule has 98 valence electrons. The molecule has 0 bridgehead atoms. The highest BCUT2D eigenvalue weighted by Gasteiger charge is 2.21. The van der Waals surface area contributed by atoms with Gasteiger partial charge in [-0.2, -0.15) is 0 Å². The van der Waals surface area contributed by atoms with Crippen LogP contribution in [0.2, 0.25) is 0 Å². The molecule has 2 N–H and O–H groups in total. The van der Waals surface area contributed by atoms with E-state index in [4.69, 9.17) is 4.74 Å². The summed E-state index contributed by atoms with van der Waals surface area (Å²) in [6, 6.07) is 13.1. The van der Waals surface area contributed by atoms with Crippen molar-refractivity contribution in [3.8, 4) is 11.5 Å². The Bertz CT molecular complexity index is 558. The Morgan fingerprint density at radius 2 is 1.47 bits per heavy atom. The van der Waals surface area contributed by atoms with Crippen LogP contribution in [0.3, 0.4) is 0 Å². The molecule has 2 aromatic rings. The summed E-state index contributed by atoms with van der Waals surface area (Å²) < 4.78 is 5.05. The largest absolute Gasteiger partial charge is 0.508 e. The van der Waals surface area contributed by atoms with Gasteiger partial charge in [0.15, 0.2) is 0 Å². The number of carboxylic acid groups (broad SMARTS) is 1. The molecule has 0 aromatic heterocycles. The summed E-state index contributed by atoms with van der Waals surface area (Å²) in [6.45, 7) is 0. The average Bonchev–Trinajstić information content (AvgIpc) is 2.42. The van der Waals surface area contributed by atoms with Crippen LogP contribution in [0.1, 0.15) is 17.0 Å². The number of hydrogen-bond acceptors (Lipinski definition) is 3. The van der Waals surface area contributed by atoms with Gasteiger partial charge in [0.05, 0.1) is 7.11 Å². The topological polar surface area (TPSA) is 66.8 Å². The van der Waals surface area contributed by atoms with Crippen molar-refractivity contribution in [3.05, 3.63) is 59.7 Å². The number of rotatable bonds is 4. The molecule has 4 nitrogen and oxygen atoms in total. The van der Waals surface area contributed by atoms with Crippen LogP contribution in [0.25, 0.3) is 0 Å². The van der Waals surface area contributed by atoms with Crippen LogP contribution in [0.5, 0.6) is 11.5 Å². The van der Waals surface area contributed by atoms with E-state index in [9.17, 15) is 15.0 Å². The third-order valence-corrected chi connectivity index (χ3v) is 2.92. The van der Waals surface area contributed by atoms with Crippen molar-refractivity contribution in [2.45, 2.75) is 5.92 Å². The lowest BCUT2D eigenvalue weighted by molar-refractivity contribution is -0.137. The van der Waals surface area contributed by atoms with Gasteiger partial charge in [-0.3, -0.25) is 4.79 Å². The zero-order valence-electron chi connectivity index (χ0n) is 10.4. The van der Waals surface area contributed by atoms with Crippen molar-refractivity contribution in [1.82, 2.24) is 0 Å². The van der Waals surface area contributed by atoms with Gasteiger partial charge in [0.1, 0.15) is 17.4 Å². The summed E-state index contributed by atoms with van der Waals surface area (Å²) in [4.78, 5) is 11.4. The Morgan fingerprint density at radius 3 is 1.89 bits per heavy atom. The summed E-state index contributed by atoms with van der Waals surface area (Å²) in [6.07, 6.45) is 0. The molecule has 1 atom stereocenters. The van der Waals surface area contributed by atoms with Crippen molar-refractivity contribution < 1.29 is 19.7 Å². The zero-order valence-corrected chi connectivity index (χ0v) is 10.4. The van der Waals surface area contributed by atoms with Gasteiger partial charge >= 0.3 is 5.97 Å². The molecule has 0 saturated carbocycles. The smallest absolute Gasteiger partial charge is 0.315 e. The van der Waals surface area contributed by atoms with Crippen LogP contribution in [-0.2, 0) is 4.79 Å².